The van der Waals surface area contributed by atoms with Gasteiger partial charge in [-0.15, -0.1) is 11.3 Å². The van der Waals surface area contributed by atoms with E-state index in [1.165, 1.54) is 11.3 Å². The van der Waals surface area contributed by atoms with E-state index < -0.39 is 23.6 Å². The highest BCUT2D eigenvalue weighted by Gasteiger charge is 2.35. The number of imide groups is 1. The molecule has 0 atom stereocenters. The van der Waals surface area contributed by atoms with Gasteiger partial charge in [-0.2, -0.15) is 0 Å². The maximum absolute atomic E-state index is 12.5. The van der Waals surface area contributed by atoms with Crippen LogP contribution in [-0.4, -0.2) is 35.1 Å². The second-order valence-electron chi connectivity index (χ2n) is 6.69. The smallest absolute Gasteiger partial charge is 0.261 e. The fourth-order valence-corrected chi connectivity index (χ4v) is 4.34. The Morgan fingerprint density at radius 2 is 1.53 bits per heavy atom. The van der Waals surface area contributed by atoms with Crippen molar-refractivity contribution in [2.24, 2.45) is 5.73 Å². The fourth-order valence-electron chi connectivity index (χ4n) is 3.26. The largest absolute Gasteiger partial charge is 0.366 e. The first-order valence-corrected chi connectivity index (χ1v) is 10.0. The second-order valence-corrected chi connectivity index (χ2v) is 7.74. The molecule has 0 spiro atoms. The third-order valence-electron chi connectivity index (χ3n) is 4.75. The van der Waals surface area contributed by atoms with Gasteiger partial charge in [0.2, 0.25) is 5.91 Å². The average Bonchev–Trinajstić information content (AvgIpc) is 3.27. The number of amides is 4. The van der Waals surface area contributed by atoms with E-state index in [1.807, 2.05) is 30.3 Å². The molecule has 0 saturated carbocycles. The number of carbonyl (C=O) groups excluding carboxylic acids is 4. The third-order valence-corrected chi connectivity index (χ3v) is 5.85. The highest BCUT2D eigenvalue weighted by atomic mass is 32.1. The standard InChI is InChI=1S/C22H17N3O4S/c23-19(27)16-12-17(13-6-2-1-3-7-13)30-20(16)24-18(26)10-11-25-21(28)14-8-4-5-9-15(14)22(25)29/h1-9,12H,10-11H2,(H2,23,27)(H,24,26). The molecule has 3 N–H and O–H groups in total. The van der Waals surface area contributed by atoms with Crippen LogP contribution in [0.4, 0.5) is 5.00 Å². The van der Waals surface area contributed by atoms with E-state index in [9.17, 15) is 19.2 Å². The summed E-state index contributed by atoms with van der Waals surface area (Å²) in [6.45, 7) is -0.0546. The highest BCUT2D eigenvalue weighted by Crippen LogP contribution is 2.35. The van der Waals surface area contributed by atoms with Crippen LogP contribution in [-0.2, 0) is 4.79 Å². The molecule has 150 valence electrons. The van der Waals surface area contributed by atoms with E-state index in [0.29, 0.717) is 16.1 Å². The van der Waals surface area contributed by atoms with Gasteiger partial charge in [0.25, 0.3) is 17.7 Å². The fraction of sp³-hybridized carbons (Fsp3) is 0.0909. The first-order chi connectivity index (χ1) is 14.5. The number of benzene rings is 2. The molecule has 7 nitrogen and oxygen atoms in total. The van der Waals surface area contributed by atoms with E-state index in [1.54, 1.807) is 30.3 Å². The van der Waals surface area contributed by atoms with E-state index >= 15 is 0 Å². The number of nitrogens with zero attached hydrogens (tertiary/aromatic N) is 1. The lowest BCUT2D eigenvalue weighted by molar-refractivity contribution is -0.116. The van der Waals surface area contributed by atoms with Crippen LogP contribution in [0.2, 0.25) is 0 Å². The molecule has 2 heterocycles. The van der Waals surface area contributed by atoms with Crippen molar-refractivity contribution in [2.75, 3.05) is 11.9 Å². The average molecular weight is 419 g/mol. The lowest BCUT2D eigenvalue weighted by Crippen LogP contribution is -2.33. The number of hydrogen-bond donors (Lipinski definition) is 2. The highest BCUT2D eigenvalue weighted by molar-refractivity contribution is 7.20. The summed E-state index contributed by atoms with van der Waals surface area (Å²) < 4.78 is 0. The number of rotatable bonds is 6. The molecule has 0 radical (unpaired) electrons. The van der Waals surface area contributed by atoms with Crippen LogP contribution in [0.15, 0.2) is 60.7 Å². The Kier molecular flexibility index (Phi) is 5.16. The van der Waals surface area contributed by atoms with E-state index in [0.717, 1.165) is 15.3 Å². The van der Waals surface area contributed by atoms with Gasteiger partial charge in [0, 0.05) is 17.8 Å². The Balaban J connectivity index is 1.46. The van der Waals surface area contributed by atoms with Crippen molar-refractivity contribution in [1.29, 1.82) is 0 Å². The Morgan fingerprint density at radius 3 is 2.13 bits per heavy atom. The Hall–Kier alpha value is -3.78. The minimum Gasteiger partial charge on any atom is -0.366 e. The molecule has 0 aliphatic carbocycles. The molecule has 0 bridgehead atoms. The van der Waals surface area contributed by atoms with Crippen LogP contribution in [0.1, 0.15) is 37.5 Å². The lowest BCUT2D eigenvalue weighted by atomic mass is 10.1. The lowest BCUT2D eigenvalue weighted by Gasteiger charge is -2.13. The molecule has 0 saturated heterocycles. The topological polar surface area (TPSA) is 110 Å². The third kappa shape index (κ3) is 3.60. The molecule has 0 fully saturated rings. The summed E-state index contributed by atoms with van der Waals surface area (Å²) in [5.74, 6) is -1.90. The number of nitrogens with one attached hydrogen (secondary N) is 1. The first-order valence-electron chi connectivity index (χ1n) is 9.20. The van der Waals surface area contributed by atoms with Crippen molar-refractivity contribution < 1.29 is 19.2 Å². The Bertz CT molecular complexity index is 1140. The first kappa shape index (κ1) is 19.5. The predicted octanol–water partition coefficient (Wildman–Crippen LogP) is 3.14. The molecule has 1 aliphatic heterocycles. The number of hydrogen-bond acceptors (Lipinski definition) is 5. The van der Waals surface area contributed by atoms with Gasteiger partial charge in [-0.1, -0.05) is 42.5 Å². The van der Waals surface area contributed by atoms with Crippen molar-refractivity contribution in [3.63, 3.8) is 0 Å². The summed E-state index contributed by atoms with van der Waals surface area (Å²) in [5.41, 5.74) is 7.25. The number of anilines is 1. The summed E-state index contributed by atoms with van der Waals surface area (Å²) in [6.07, 6.45) is -0.0950. The summed E-state index contributed by atoms with van der Waals surface area (Å²) >= 11 is 1.24. The van der Waals surface area contributed by atoms with Crippen LogP contribution < -0.4 is 11.1 Å². The van der Waals surface area contributed by atoms with Gasteiger partial charge in [0.05, 0.1) is 16.7 Å². The molecule has 0 unspecified atom stereocenters. The van der Waals surface area contributed by atoms with Gasteiger partial charge in [-0.05, 0) is 23.8 Å². The zero-order valence-electron chi connectivity index (χ0n) is 15.8. The Morgan fingerprint density at radius 1 is 0.933 bits per heavy atom. The maximum atomic E-state index is 12.5. The van der Waals surface area contributed by atoms with Gasteiger partial charge < -0.3 is 11.1 Å². The summed E-state index contributed by atoms with van der Waals surface area (Å²) in [6, 6.07) is 17.6. The summed E-state index contributed by atoms with van der Waals surface area (Å²) in [7, 11) is 0. The molecule has 30 heavy (non-hydrogen) atoms. The van der Waals surface area contributed by atoms with E-state index in [2.05, 4.69) is 5.32 Å². The molecule has 1 aromatic heterocycles. The van der Waals surface area contributed by atoms with Crippen LogP contribution in [0, 0.1) is 0 Å². The quantitative estimate of drug-likeness (QED) is 0.598. The van der Waals surface area contributed by atoms with Crippen molar-refractivity contribution in [2.45, 2.75) is 6.42 Å². The number of carbonyl (C=O) groups is 4. The molecular formula is C22H17N3O4S. The minimum atomic E-state index is -0.649. The van der Waals surface area contributed by atoms with Crippen molar-refractivity contribution in [1.82, 2.24) is 4.90 Å². The maximum Gasteiger partial charge on any atom is 0.261 e. The van der Waals surface area contributed by atoms with Crippen molar-refractivity contribution in [3.05, 3.63) is 77.4 Å². The van der Waals surface area contributed by atoms with Gasteiger partial charge in [0.15, 0.2) is 0 Å². The predicted molar refractivity (Wildman–Crippen MR) is 113 cm³/mol. The molecular weight excluding hydrogens is 402 g/mol. The van der Waals surface area contributed by atoms with E-state index in [-0.39, 0.29) is 18.5 Å². The SMILES string of the molecule is NC(=O)c1cc(-c2ccccc2)sc1NC(=O)CCN1C(=O)c2ccccc2C1=O. The number of primary amides is 1. The minimum absolute atomic E-state index is 0.0546. The molecule has 1 aliphatic rings. The normalized spacial score (nSPS) is 12.7. The molecule has 3 aromatic rings. The van der Waals surface area contributed by atoms with Gasteiger partial charge in [-0.3, -0.25) is 24.1 Å². The zero-order valence-corrected chi connectivity index (χ0v) is 16.6. The molecule has 4 rings (SSSR count). The van der Waals surface area contributed by atoms with Crippen molar-refractivity contribution >= 4 is 40.0 Å². The van der Waals surface area contributed by atoms with Gasteiger partial charge in [0.1, 0.15) is 5.00 Å². The number of fused-ring (bicyclic) bond motifs is 1. The molecule has 2 aromatic carbocycles. The Labute approximate surface area is 176 Å². The van der Waals surface area contributed by atoms with Crippen LogP contribution in [0.5, 0.6) is 0 Å². The molecule has 4 amide bonds. The van der Waals surface area contributed by atoms with Crippen molar-refractivity contribution in [3.8, 4) is 10.4 Å². The zero-order chi connectivity index (χ0) is 21.3. The number of nitrogens with two attached hydrogens (primary N) is 1. The summed E-state index contributed by atoms with van der Waals surface area (Å²) in [5, 5.41) is 3.03. The van der Waals surface area contributed by atoms with Crippen LogP contribution in [0.25, 0.3) is 10.4 Å². The van der Waals surface area contributed by atoms with Gasteiger partial charge in [-0.25, -0.2) is 0 Å². The van der Waals surface area contributed by atoms with Gasteiger partial charge >= 0.3 is 0 Å². The number of thiophene rings is 1. The van der Waals surface area contributed by atoms with E-state index in [4.69, 9.17) is 5.73 Å². The molecule has 8 heteroatoms. The van der Waals surface area contributed by atoms with Crippen LogP contribution >= 0.6 is 11.3 Å². The van der Waals surface area contributed by atoms with Crippen LogP contribution in [0.3, 0.4) is 0 Å². The monoisotopic (exact) mass is 419 g/mol. The second kappa shape index (κ2) is 7.92. The summed E-state index contributed by atoms with van der Waals surface area (Å²) in [4.78, 5) is 50.9.